The first-order chi connectivity index (χ1) is 10.6. The van der Waals surface area contributed by atoms with Gasteiger partial charge in [0.2, 0.25) is 5.91 Å². The number of carbonyl (C=O) groups is 2. The van der Waals surface area contributed by atoms with E-state index in [1.807, 2.05) is 25.1 Å². The average molecular weight is 314 g/mol. The molecule has 4 nitrogen and oxygen atoms in total. The summed E-state index contributed by atoms with van der Waals surface area (Å²) in [6.45, 7) is 1.96. The van der Waals surface area contributed by atoms with Crippen molar-refractivity contribution in [2.24, 2.45) is 0 Å². The number of aryl methyl sites for hydroxylation is 2. The Labute approximate surface area is 133 Å². The molecular formula is C17H18N2O2S. The van der Waals surface area contributed by atoms with Crippen molar-refractivity contribution in [3.63, 3.8) is 0 Å². The number of nitrogens with one attached hydrogen (secondary N) is 2. The molecule has 2 N–H and O–H groups in total. The number of hydrogen-bond acceptors (Lipinski definition) is 3. The molecule has 1 aliphatic carbocycles. The number of rotatable bonds is 4. The predicted molar refractivity (Wildman–Crippen MR) is 87.0 cm³/mol. The maximum absolute atomic E-state index is 12.0. The summed E-state index contributed by atoms with van der Waals surface area (Å²) in [5, 5.41) is 5.67. The van der Waals surface area contributed by atoms with Gasteiger partial charge in [0.15, 0.2) is 0 Å². The van der Waals surface area contributed by atoms with Crippen molar-refractivity contribution in [2.45, 2.75) is 25.8 Å². The number of benzene rings is 1. The quantitative estimate of drug-likeness (QED) is 0.911. The highest BCUT2D eigenvalue weighted by atomic mass is 32.1. The Hall–Kier alpha value is -2.14. The Morgan fingerprint density at radius 3 is 2.82 bits per heavy atom. The van der Waals surface area contributed by atoms with E-state index >= 15 is 0 Å². The molecule has 1 atom stereocenters. The highest BCUT2D eigenvalue weighted by Crippen LogP contribution is 2.30. The first kappa shape index (κ1) is 14.8. The van der Waals surface area contributed by atoms with Crippen LogP contribution in [0.2, 0.25) is 0 Å². The first-order valence-corrected chi connectivity index (χ1v) is 8.17. The van der Waals surface area contributed by atoms with Gasteiger partial charge in [-0.3, -0.25) is 9.59 Å². The molecule has 0 saturated carbocycles. The van der Waals surface area contributed by atoms with E-state index in [1.165, 1.54) is 22.5 Å². The summed E-state index contributed by atoms with van der Waals surface area (Å²) in [4.78, 5) is 25.7. The van der Waals surface area contributed by atoms with Crippen LogP contribution in [0.4, 0.5) is 0 Å². The molecule has 0 saturated heterocycles. The normalized spacial score (nSPS) is 16.1. The van der Waals surface area contributed by atoms with E-state index in [2.05, 4.69) is 22.8 Å². The van der Waals surface area contributed by atoms with Gasteiger partial charge in [-0.15, -0.1) is 11.3 Å². The number of carbonyl (C=O) groups excluding carboxylic acids is 2. The monoisotopic (exact) mass is 314 g/mol. The summed E-state index contributed by atoms with van der Waals surface area (Å²) in [6, 6.07) is 11.9. The van der Waals surface area contributed by atoms with Crippen molar-refractivity contribution in [2.75, 3.05) is 6.54 Å². The standard InChI is InChI=1S/C17H18N2O2S/c1-11-6-9-15(22-11)17(21)18-10-16(20)19-14-8-7-12-4-2-3-5-13(12)14/h2-6,9,14H,7-8,10H2,1H3,(H,18,21)(H,19,20). The third-order valence-electron chi connectivity index (χ3n) is 3.84. The van der Waals surface area contributed by atoms with Gasteiger partial charge in [0.05, 0.1) is 17.5 Å². The highest BCUT2D eigenvalue weighted by molar-refractivity contribution is 7.13. The molecule has 2 aromatic rings. The minimum absolute atomic E-state index is 0.00838. The van der Waals surface area contributed by atoms with Crippen LogP contribution in [0.15, 0.2) is 36.4 Å². The number of hydrogen-bond donors (Lipinski definition) is 2. The number of amides is 2. The molecule has 2 amide bonds. The first-order valence-electron chi connectivity index (χ1n) is 7.35. The lowest BCUT2D eigenvalue weighted by Crippen LogP contribution is -2.38. The van der Waals surface area contributed by atoms with Crippen molar-refractivity contribution in [3.8, 4) is 0 Å². The zero-order valence-corrected chi connectivity index (χ0v) is 13.2. The van der Waals surface area contributed by atoms with Crippen molar-refractivity contribution in [1.29, 1.82) is 0 Å². The van der Waals surface area contributed by atoms with Gasteiger partial charge < -0.3 is 10.6 Å². The van der Waals surface area contributed by atoms with Gasteiger partial charge in [-0.1, -0.05) is 24.3 Å². The van der Waals surface area contributed by atoms with E-state index in [9.17, 15) is 9.59 Å². The van der Waals surface area contributed by atoms with Gasteiger partial charge >= 0.3 is 0 Å². The second kappa shape index (κ2) is 6.32. The van der Waals surface area contributed by atoms with Gasteiger partial charge in [-0.05, 0) is 43.0 Å². The average Bonchev–Trinajstić information content (AvgIpc) is 3.12. The SMILES string of the molecule is Cc1ccc(C(=O)NCC(=O)NC2CCc3ccccc32)s1. The second-order valence-electron chi connectivity index (χ2n) is 5.45. The van der Waals surface area contributed by atoms with Crippen LogP contribution in [-0.4, -0.2) is 18.4 Å². The van der Waals surface area contributed by atoms with Gasteiger partial charge in [0, 0.05) is 4.88 Å². The molecule has 0 aliphatic heterocycles. The lowest BCUT2D eigenvalue weighted by Gasteiger charge is -2.14. The molecule has 1 aromatic heterocycles. The Bertz CT molecular complexity index is 708. The molecule has 1 unspecified atom stereocenters. The van der Waals surface area contributed by atoms with Crippen LogP contribution in [0.25, 0.3) is 0 Å². The smallest absolute Gasteiger partial charge is 0.261 e. The molecule has 3 rings (SSSR count). The molecule has 0 radical (unpaired) electrons. The maximum Gasteiger partial charge on any atom is 0.261 e. The number of fused-ring (bicyclic) bond motifs is 1. The van der Waals surface area contributed by atoms with Gasteiger partial charge in [-0.25, -0.2) is 0 Å². The van der Waals surface area contributed by atoms with E-state index in [-0.39, 0.29) is 24.4 Å². The predicted octanol–water partition coefficient (Wildman–Crippen LogP) is 2.59. The van der Waals surface area contributed by atoms with Crippen molar-refractivity contribution < 1.29 is 9.59 Å². The summed E-state index contributed by atoms with van der Waals surface area (Å²) >= 11 is 1.43. The minimum atomic E-state index is -0.194. The zero-order chi connectivity index (χ0) is 15.5. The van der Waals surface area contributed by atoms with Crippen molar-refractivity contribution in [3.05, 3.63) is 57.3 Å². The molecule has 1 aromatic carbocycles. The Morgan fingerprint density at radius 1 is 1.23 bits per heavy atom. The van der Waals surface area contributed by atoms with Crippen LogP contribution in [0.5, 0.6) is 0 Å². The second-order valence-corrected chi connectivity index (χ2v) is 6.74. The molecule has 114 valence electrons. The van der Waals surface area contributed by atoms with Crippen molar-refractivity contribution in [1.82, 2.24) is 10.6 Å². The fraction of sp³-hybridized carbons (Fsp3) is 0.294. The third-order valence-corrected chi connectivity index (χ3v) is 4.84. The molecule has 0 bridgehead atoms. The topological polar surface area (TPSA) is 58.2 Å². The molecule has 1 aliphatic rings. The summed E-state index contributed by atoms with van der Waals surface area (Å²) in [5.74, 6) is -0.344. The summed E-state index contributed by atoms with van der Waals surface area (Å²) < 4.78 is 0. The van der Waals surface area contributed by atoms with Crippen LogP contribution >= 0.6 is 11.3 Å². The zero-order valence-electron chi connectivity index (χ0n) is 12.4. The fourth-order valence-corrected chi connectivity index (χ4v) is 3.54. The lowest BCUT2D eigenvalue weighted by molar-refractivity contribution is -0.120. The van der Waals surface area contributed by atoms with E-state index in [0.717, 1.165) is 17.7 Å². The van der Waals surface area contributed by atoms with Gasteiger partial charge in [-0.2, -0.15) is 0 Å². The summed E-state index contributed by atoms with van der Waals surface area (Å²) in [7, 11) is 0. The minimum Gasteiger partial charge on any atom is -0.348 e. The molecule has 0 spiro atoms. The Balaban J connectivity index is 1.52. The fourth-order valence-electron chi connectivity index (χ4n) is 2.76. The van der Waals surface area contributed by atoms with Gasteiger partial charge in [0.1, 0.15) is 0 Å². The van der Waals surface area contributed by atoms with E-state index in [0.29, 0.717) is 4.88 Å². The summed E-state index contributed by atoms with van der Waals surface area (Å²) in [6.07, 6.45) is 1.91. The summed E-state index contributed by atoms with van der Waals surface area (Å²) in [5.41, 5.74) is 2.49. The van der Waals surface area contributed by atoms with Crippen LogP contribution in [0.1, 0.15) is 38.1 Å². The molecular weight excluding hydrogens is 296 g/mol. The van der Waals surface area contributed by atoms with E-state index in [1.54, 1.807) is 6.07 Å². The van der Waals surface area contributed by atoms with Crippen LogP contribution < -0.4 is 10.6 Å². The molecule has 22 heavy (non-hydrogen) atoms. The largest absolute Gasteiger partial charge is 0.348 e. The lowest BCUT2D eigenvalue weighted by atomic mass is 10.1. The number of thiophene rings is 1. The molecule has 5 heteroatoms. The van der Waals surface area contributed by atoms with Gasteiger partial charge in [0.25, 0.3) is 5.91 Å². The highest BCUT2D eigenvalue weighted by Gasteiger charge is 2.23. The Morgan fingerprint density at radius 2 is 2.05 bits per heavy atom. The molecule has 0 fully saturated rings. The van der Waals surface area contributed by atoms with Crippen molar-refractivity contribution >= 4 is 23.2 Å². The Kier molecular flexibility index (Phi) is 4.24. The maximum atomic E-state index is 12.0. The van der Waals surface area contributed by atoms with Crippen LogP contribution in [0.3, 0.4) is 0 Å². The van der Waals surface area contributed by atoms with E-state index < -0.39 is 0 Å². The molecule has 1 heterocycles. The van der Waals surface area contributed by atoms with Crippen LogP contribution in [0, 0.1) is 6.92 Å². The third kappa shape index (κ3) is 3.20. The van der Waals surface area contributed by atoms with Crippen LogP contribution in [-0.2, 0) is 11.2 Å². The van der Waals surface area contributed by atoms with E-state index in [4.69, 9.17) is 0 Å².